The smallest absolute Gasteiger partial charge is 0.228 e. The lowest BCUT2D eigenvalue weighted by molar-refractivity contribution is -0.132. The number of piperidine rings is 1. The summed E-state index contributed by atoms with van der Waals surface area (Å²) in [4.78, 5) is 27.8. The number of aryl methyl sites for hydroxylation is 1. The highest BCUT2D eigenvalue weighted by molar-refractivity contribution is 5.85. The van der Waals surface area contributed by atoms with Crippen LogP contribution in [0.3, 0.4) is 0 Å². The zero-order chi connectivity index (χ0) is 21.1. The van der Waals surface area contributed by atoms with Gasteiger partial charge in [-0.15, -0.1) is 0 Å². The highest BCUT2D eigenvalue weighted by Gasteiger charge is 2.60. The highest BCUT2D eigenvalue weighted by Crippen LogP contribution is 2.53. The van der Waals surface area contributed by atoms with Gasteiger partial charge in [0.1, 0.15) is 0 Å². The van der Waals surface area contributed by atoms with Crippen LogP contribution in [0.4, 0.5) is 5.95 Å². The van der Waals surface area contributed by atoms with E-state index in [4.69, 9.17) is 4.98 Å². The van der Waals surface area contributed by atoms with Crippen molar-refractivity contribution in [2.45, 2.75) is 84.2 Å². The third-order valence-electron chi connectivity index (χ3n) is 7.54. The molecule has 3 atom stereocenters. The van der Waals surface area contributed by atoms with Gasteiger partial charge in [-0.1, -0.05) is 20.3 Å². The van der Waals surface area contributed by atoms with Gasteiger partial charge in [0.2, 0.25) is 11.9 Å². The summed E-state index contributed by atoms with van der Waals surface area (Å²) >= 11 is 0. The van der Waals surface area contributed by atoms with Crippen molar-refractivity contribution in [3.05, 3.63) is 18.0 Å². The second-order valence-corrected chi connectivity index (χ2v) is 10.1. The highest BCUT2D eigenvalue weighted by atomic mass is 16.2. The first-order valence-corrected chi connectivity index (χ1v) is 12.1. The van der Waals surface area contributed by atoms with Gasteiger partial charge >= 0.3 is 0 Å². The summed E-state index contributed by atoms with van der Waals surface area (Å²) in [5.74, 6) is 1.69. The van der Waals surface area contributed by atoms with Gasteiger partial charge in [-0.05, 0) is 76.9 Å². The fourth-order valence-corrected chi connectivity index (χ4v) is 5.90. The number of rotatable bonds is 8. The Morgan fingerprint density at radius 1 is 1.27 bits per heavy atom. The first kappa shape index (κ1) is 21.5. The van der Waals surface area contributed by atoms with E-state index in [2.05, 4.69) is 33.9 Å². The molecule has 3 aliphatic rings. The number of likely N-dealkylation sites (tertiary alicyclic amines) is 1. The van der Waals surface area contributed by atoms with Crippen molar-refractivity contribution in [1.29, 1.82) is 0 Å². The molecule has 1 aromatic heterocycles. The molecule has 0 saturated carbocycles. The lowest BCUT2D eigenvalue weighted by Crippen LogP contribution is -2.51. The third kappa shape index (κ3) is 4.34. The number of nitrogens with one attached hydrogen (secondary N) is 1. The van der Waals surface area contributed by atoms with E-state index in [-0.39, 0.29) is 17.4 Å². The minimum Gasteiger partial charge on any atom is -0.354 e. The standard InChI is InChI=1S/C24H39N5O/c1-18(2)9-11-24(22(30)25-13-16-28-14-5-4-6-15-28)17-20-7-8-21(24)29(20)23-26-12-10-19(3)27-23/h10,12,18,20-21H,4-9,11,13-17H2,1-3H3,(H,25,30)/t20-,21+,24+/m1/s1. The minimum absolute atomic E-state index is 0.220. The lowest BCUT2D eigenvalue weighted by Gasteiger charge is -2.37. The second-order valence-electron chi connectivity index (χ2n) is 10.1. The number of carbonyl (C=O) groups excluding carboxylic acids is 1. The van der Waals surface area contributed by atoms with Crippen molar-refractivity contribution < 1.29 is 4.79 Å². The van der Waals surface area contributed by atoms with Crippen molar-refractivity contribution in [2.75, 3.05) is 31.1 Å². The Kier molecular flexibility index (Phi) is 6.61. The summed E-state index contributed by atoms with van der Waals surface area (Å²) < 4.78 is 0. The van der Waals surface area contributed by atoms with Gasteiger partial charge in [0.15, 0.2) is 0 Å². The van der Waals surface area contributed by atoms with Gasteiger partial charge in [-0.25, -0.2) is 9.97 Å². The van der Waals surface area contributed by atoms with Crippen LogP contribution in [0.25, 0.3) is 0 Å². The largest absolute Gasteiger partial charge is 0.354 e. The molecular formula is C24H39N5O. The fourth-order valence-electron chi connectivity index (χ4n) is 5.90. The van der Waals surface area contributed by atoms with Crippen LogP contribution in [0.5, 0.6) is 0 Å². The van der Waals surface area contributed by atoms with E-state index < -0.39 is 0 Å². The van der Waals surface area contributed by atoms with Crippen molar-refractivity contribution in [3.63, 3.8) is 0 Å². The average Bonchev–Trinajstić information content (AvgIpc) is 3.29. The predicted molar refractivity (Wildman–Crippen MR) is 120 cm³/mol. The van der Waals surface area contributed by atoms with E-state index in [1.807, 2.05) is 19.2 Å². The summed E-state index contributed by atoms with van der Waals surface area (Å²) in [6.45, 7) is 10.6. The molecule has 1 amide bonds. The van der Waals surface area contributed by atoms with Gasteiger partial charge < -0.3 is 15.1 Å². The molecule has 6 nitrogen and oxygen atoms in total. The first-order valence-electron chi connectivity index (χ1n) is 12.1. The number of anilines is 1. The van der Waals surface area contributed by atoms with Gasteiger partial charge in [0.25, 0.3) is 0 Å². The molecule has 0 aliphatic carbocycles. The topological polar surface area (TPSA) is 61.4 Å². The van der Waals surface area contributed by atoms with Crippen LogP contribution >= 0.6 is 0 Å². The number of fused-ring (bicyclic) bond motifs is 2. The summed E-state index contributed by atoms with van der Waals surface area (Å²) in [6, 6.07) is 2.55. The fraction of sp³-hybridized carbons (Fsp3) is 0.792. The van der Waals surface area contributed by atoms with Crippen molar-refractivity contribution in [3.8, 4) is 0 Å². The van der Waals surface area contributed by atoms with Crippen molar-refractivity contribution in [2.24, 2.45) is 11.3 Å². The molecule has 1 aromatic rings. The normalized spacial score (nSPS) is 29.0. The average molecular weight is 414 g/mol. The van der Waals surface area contributed by atoms with Gasteiger partial charge in [-0.2, -0.15) is 0 Å². The Labute approximate surface area is 181 Å². The monoisotopic (exact) mass is 413 g/mol. The number of amides is 1. The molecule has 0 spiro atoms. The number of hydrogen-bond acceptors (Lipinski definition) is 5. The van der Waals surface area contributed by atoms with E-state index in [1.54, 1.807) is 0 Å². The quantitative estimate of drug-likeness (QED) is 0.706. The minimum atomic E-state index is -0.303. The van der Waals surface area contributed by atoms with E-state index in [9.17, 15) is 4.79 Å². The molecule has 4 rings (SSSR count). The molecule has 166 valence electrons. The van der Waals surface area contributed by atoms with Gasteiger partial charge in [-0.3, -0.25) is 4.79 Å². The summed E-state index contributed by atoms with van der Waals surface area (Å²) in [6.07, 6.45) is 11.0. The molecule has 3 aliphatic heterocycles. The summed E-state index contributed by atoms with van der Waals surface area (Å²) in [5, 5.41) is 3.36. The number of aromatic nitrogens is 2. The SMILES string of the molecule is Cc1ccnc(N2[C@@H]3CC[C@H]2[C@@](CCC(C)C)(C(=O)NCCN2CCCCC2)C3)n1. The molecule has 0 aromatic carbocycles. The maximum absolute atomic E-state index is 13.7. The van der Waals surface area contributed by atoms with Crippen LogP contribution < -0.4 is 10.2 Å². The first-order chi connectivity index (χ1) is 14.5. The van der Waals surface area contributed by atoms with E-state index in [0.29, 0.717) is 12.0 Å². The number of carbonyl (C=O) groups is 1. The Hall–Kier alpha value is -1.69. The van der Waals surface area contributed by atoms with Gasteiger partial charge in [0.05, 0.1) is 5.41 Å². The lowest BCUT2D eigenvalue weighted by atomic mass is 9.69. The molecule has 0 unspecified atom stereocenters. The second kappa shape index (κ2) is 9.21. The molecule has 1 N–H and O–H groups in total. The van der Waals surface area contributed by atoms with E-state index >= 15 is 0 Å². The summed E-state index contributed by atoms with van der Waals surface area (Å²) in [5.41, 5.74) is 0.687. The zero-order valence-electron chi connectivity index (χ0n) is 19.1. The Morgan fingerprint density at radius 3 is 2.80 bits per heavy atom. The molecule has 2 bridgehead atoms. The predicted octanol–water partition coefficient (Wildman–Crippen LogP) is 3.55. The molecule has 3 saturated heterocycles. The molecule has 3 fully saturated rings. The van der Waals surface area contributed by atoms with Crippen LogP contribution in [0, 0.1) is 18.3 Å². The number of hydrogen-bond donors (Lipinski definition) is 1. The summed E-state index contributed by atoms with van der Waals surface area (Å²) in [7, 11) is 0. The van der Waals surface area contributed by atoms with Crippen LogP contribution in [-0.2, 0) is 4.79 Å². The maximum Gasteiger partial charge on any atom is 0.228 e. The Morgan fingerprint density at radius 2 is 2.07 bits per heavy atom. The molecule has 4 heterocycles. The Balaban J connectivity index is 1.48. The van der Waals surface area contributed by atoms with Crippen LogP contribution in [0.15, 0.2) is 12.3 Å². The van der Waals surface area contributed by atoms with Crippen molar-refractivity contribution in [1.82, 2.24) is 20.2 Å². The maximum atomic E-state index is 13.7. The van der Waals surface area contributed by atoms with E-state index in [1.165, 1.54) is 32.4 Å². The van der Waals surface area contributed by atoms with Crippen LogP contribution in [0.1, 0.15) is 70.9 Å². The Bertz CT molecular complexity index is 732. The number of nitrogens with zero attached hydrogens (tertiary/aromatic N) is 4. The van der Waals surface area contributed by atoms with Gasteiger partial charge in [0, 0.05) is 37.1 Å². The van der Waals surface area contributed by atoms with Crippen LogP contribution in [0.2, 0.25) is 0 Å². The molecule has 0 radical (unpaired) electrons. The zero-order valence-corrected chi connectivity index (χ0v) is 19.1. The molecule has 30 heavy (non-hydrogen) atoms. The van der Waals surface area contributed by atoms with E-state index in [0.717, 1.165) is 56.8 Å². The molecular weight excluding hydrogens is 374 g/mol. The van der Waals surface area contributed by atoms with Crippen LogP contribution in [-0.4, -0.2) is 59.0 Å². The molecule has 6 heteroatoms. The third-order valence-corrected chi connectivity index (χ3v) is 7.54. The van der Waals surface area contributed by atoms with Crippen molar-refractivity contribution >= 4 is 11.9 Å².